The molecule has 0 spiro atoms. The highest BCUT2D eigenvalue weighted by Gasteiger charge is 2.13. The molecule has 0 radical (unpaired) electrons. The number of rotatable bonds is 4. The SMILES string of the molecule is CC(Cl)c1nnc(NC(C)C(C)C)o1. The van der Waals surface area contributed by atoms with Crippen molar-refractivity contribution in [1.82, 2.24) is 10.2 Å². The van der Waals surface area contributed by atoms with Crippen LogP contribution in [-0.4, -0.2) is 16.2 Å². The van der Waals surface area contributed by atoms with E-state index in [1.165, 1.54) is 0 Å². The van der Waals surface area contributed by atoms with Gasteiger partial charge in [-0.15, -0.1) is 16.7 Å². The highest BCUT2D eigenvalue weighted by atomic mass is 35.5. The number of alkyl halides is 1. The Morgan fingerprint density at radius 2 is 1.86 bits per heavy atom. The van der Waals surface area contributed by atoms with Crippen molar-refractivity contribution in [2.45, 2.75) is 39.1 Å². The molecule has 0 aliphatic rings. The Kier molecular flexibility index (Phi) is 3.75. The largest absolute Gasteiger partial charge is 0.406 e. The maximum atomic E-state index is 5.79. The zero-order chi connectivity index (χ0) is 10.7. The number of anilines is 1. The van der Waals surface area contributed by atoms with E-state index < -0.39 is 0 Å². The van der Waals surface area contributed by atoms with Crippen molar-refractivity contribution in [3.8, 4) is 0 Å². The van der Waals surface area contributed by atoms with Gasteiger partial charge in [-0.25, -0.2) is 0 Å². The van der Waals surface area contributed by atoms with Crippen molar-refractivity contribution in [3.05, 3.63) is 5.89 Å². The van der Waals surface area contributed by atoms with E-state index in [9.17, 15) is 0 Å². The van der Waals surface area contributed by atoms with Gasteiger partial charge in [-0.2, -0.15) is 0 Å². The van der Waals surface area contributed by atoms with Gasteiger partial charge >= 0.3 is 6.01 Å². The lowest BCUT2D eigenvalue weighted by Crippen LogP contribution is -2.21. The Hall–Kier alpha value is -0.770. The summed E-state index contributed by atoms with van der Waals surface area (Å²) in [5.41, 5.74) is 0. The molecule has 80 valence electrons. The van der Waals surface area contributed by atoms with Crippen molar-refractivity contribution in [1.29, 1.82) is 0 Å². The van der Waals surface area contributed by atoms with E-state index in [-0.39, 0.29) is 5.38 Å². The van der Waals surface area contributed by atoms with Crippen LogP contribution in [0, 0.1) is 5.92 Å². The molecule has 5 heteroatoms. The fourth-order valence-electron chi connectivity index (χ4n) is 0.815. The molecular weight excluding hydrogens is 202 g/mol. The lowest BCUT2D eigenvalue weighted by molar-refractivity contribution is 0.482. The molecule has 2 unspecified atom stereocenters. The fourth-order valence-corrected chi connectivity index (χ4v) is 0.903. The van der Waals surface area contributed by atoms with Crippen LogP contribution in [0.4, 0.5) is 6.01 Å². The van der Waals surface area contributed by atoms with Gasteiger partial charge in [-0.05, 0) is 19.8 Å². The van der Waals surface area contributed by atoms with Crippen molar-refractivity contribution in [2.24, 2.45) is 5.92 Å². The minimum atomic E-state index is -0.243. The molecular formula is C9H16ClN3O. The zero-order valence-electron chi connectivity index (χ0n) is 8.91. The molecule has 1 N–H and O–H groups in total. The molecule has 0 saturated heterocycles. The Morgan fingerprint density at radius 1 is 1.21 bits per heavy atom. The maximum Gasteiger partial charge on any atom is 0.315 e. The van der Waals surface area contributed by atoms with E-state index in [0.717, 1.165) is 0 Å². The first-order chi connectivity index (χ1) is 6.50. The molecule has 0 amide bonds. The van der Waals surface area contributed by atoms with Crippen LogP contribution >= 0.6 is 11.6 Å². The highest BCUT2D eigenvalue weighted by Crippen LogP contribution is 2.20. The summed E-state index contributed by atoms with van der Waals surface area (Å²) < 4.78 is 5.30. The lowest BCUT2D eigenvalue weighted by atomic mass is 10.1. The molecule has 2 atom stereocenters. The topological polar surface area (TPSA) is 51.0 Å². The second kappa shape index (κ2) is 4.64. The molecule has 4 nitrogen and oxygen atoms in total. The lowest BCUT2D eigenvalue weighted by Gasteiger charge is -2.14. The maximum absolute atomic E-state index is 5.79. The highest BCUT2D eigenvalue weighted by molar-refractivity contribution is 6.20. The van der Waals surface area contributed by atoms with Crippen molar-refractivity contribution < 1.29 is 4.42 Å². The molecule has 0 saturated carbocycles. The van der Waals surface area contributed by atoms with Gasteiger partial charge in [0.2, 0.25) is 5.89 Å². The van der Waals surface area contributed by atoms with Crippen LogP contribution in [0.3, 0.4) is 0 Å². The molecule has 0 aliphatic carbocycles. The first-order valence-corrected chi connectivity index (χ1v) is 5.18. The Labute approximate surface area is 89.0 Å². The predicted octanol–water partition coefficient (Wildman–Crippen LogP) is 2.83. The first-order valence-electron chi connectivity index (χ1n) is 4.74. The van der Waals surface area contributed by atoms with Gasteiger partial charge in [0.05, 0.1) is 0 Å². The van der Waals surface area contributed by atoms with E-state index >= 15 is 0 Å². The van der Waals surface area contributed by atoms with Gasteiger partial charge in [-0.1, -0.05) is 18.9 Å². The van der Waals surface area contributed by atoms with E-state index in [1.54, 1.807) is 6.92 Å². The van der Waals surface area contributed by atoms with Gasteiger partial charge < -0.3 is 9.73 Å². The van der Waals surface area contributed by atoms with Gasteiger partial charge in [0.25, 0.3) is 0 Å². The summed E-state index contributed by atoms with van der Waals surface area (Å²) in [6.07, 6.45) is 0. The normalized spacial score (nSPS) is 15.6. The molecule has 0 aromatic carbocycles. The summed E-state index contributed by atoms with van der Waals surface area (Å²) in [5, 5.41) is 10.5. The molecule has 1 rings (SSSR count). The minimum absolute atomic E-state index is 0.243. The van der Waals surface area contributed by atoms with Crippen LogP contribution in [0.1, 0.15) is 39.0 Å². The van der Waals surface area contributed by atoms with E-state index in [1.807, 2.05) is 0 Å². The number of aromatic nitrogens is 2. The average Bonchev–Trinajstić information content (AvgIpc) is 2.52. The molecule has 0 fully saturated rings. The summed E-state index contributed by atoms with van der Waals surface area (Å²) in [4.78, 5) is 0. The Morgan fingerprint density at radius 3 is 2.29 bits per heavy atom. The Balaban J connectivity index is 2.60. The summed E-state index contributed by atoms with van der Waals surface area (Å²) in [5.74, 6) is 0.962. The van der Waals surface area contributed by atoms with Crippen LogP contribution in [0.15, 0.2) is 4.42 Å². The number of nitrogens with zero attached hydrogens (tertiary/aromatic N) is 2. The fraction of sp³-hybridized carbons (Fsp3) is 0.778. The van der Waals surface area contributed by atoms with E-state index in [0.29, 0.717) is 23.9 Å². The predicted molar refractivity (Wildman–Crippen MR) is 56.5 cm³/mol. The van der Waals surface area contributed by atoms with Gasteiger partial charge in [0, 0.05) is 6.04 Å². The summed E-state index contributed by atoms with van der Waals surface area (Å²) in [6, 6.07) is 0.739. The third-order valence-electron chi connectivity index (χ3n) is 2.13. The minimum Gasteiger partial charge on any atom is -0.406 e. The quantitative estimate of drug-likeness (QED) is 0.788. The van der Waals surface area contributed by atoms with Crippen LogP contribution < -0.4 is 5.32 Å². The third kappa shape index (κ3) is 2.87. The van der Waals surface area contributed by atoms with Gasteiger partial charge in [0.1, 0.15) is 5.38 Å². The molecule has 0 bridgehead atoms. The standard InChI is InChI=1S/C9H16ClN3O/c1-5(2)7(4)11-9-13-12-8(14-9)6(3)10/h5-7H,1-4H3,(H,11,13). The number of nitrogens with one attached hydrogen (secondary N) is 1. The third-order valence-corrected chi connectivity index (χ3v) is 2.32. The molecule has 0 aliphatic heterocycles. The van der Waals surface area contributed by atoms with Gasteiger partial charge in [-0.3, -0.25) is 0 Å². The number of halogens is 1. The number of hydrogen-bond donors (Lipinski definition) is 1. The second-order valence-electron chi connectivity index (χ2n) is 3.74. The second-order valence-corrected chi connectivity index (χ2v) is 4.39. The summed E-state index contributed by atoms with van der Waals surface area (Å²) >= 11 is 5.79. The van der Waals surface area contributed by atoms with E-state index in [4.69, 9.17) is 16.0 Å². The smallest absolute Gasteiger partial charge is 0.315 e. The zero-order valence-corrected chi connectivity index (χ0v) is 9.67. The molecule has 1 aromatic heterocycles. The van der Waals surface area contributed by atoms with E-state index in [2.05, 4.69) is 36.3 Å². The van der Waals surface area contributed by atoms with Crippen LogP contribution in [0.25, 0.3) is 0 Å². The van der Waals surface area contributed by atoms with Crippen LogP contribution in [0.2, 0.25) is 0 Å². The monoisotopic (exact) mass is 217 g/mol. The van der Waals surface area contributed by atoms with Crippen molar-refractivity contribution in [2.75, 3.05) is 5.32 Å². The van der Waals surface area contributed by atoms with Gasteiger partial charge in [0.15, 0.2) is 0 Å². The summed E-state index contributed by atoms with van der Waals surface area (Å²) in [7, 11) is 0. The first kappa shape index (κ1) is 11.3. The number of hydrogen-bond acceptors (Lipinski definition) is 4. The van der Waals surface area contributed by atoms with Crippen LogP contribution in [0.5, 0.6) is 0 Å². The van der Waals surface area contributed by atoms with Crippen molar-refractivity contribution in [3.63, 3.8) is 0 Å². The molecule has 14 heavy (non-hydrogen) atoms. The van der Waals surface area contributed by atoms with Crippen LogP contribution in [-0.2, 0) is 0 Å². The Bertz CT molecular complexity index is 285. The summed E-state index contributed by atoms with van der Waals surface area (Å²) in [6.45, 7) is 8.11. The molecule has 1 aromatic rings. The average molecular weight is 218 g/mol. The van der Waals surface area contributed by atoms with Crippen molar-refractivity contribution >= 4 is 17.6 Å². The molecule has 1 heterocycles.